The number of amides is 1. The van der Waals surface area contributed by atoms with E-state index in [2.05, 4.69) is 26.0 Å². The number of carbonyl (C=O) groups excluding carboxylic acids is 1. The number of carbonyl (C=O) groups is 1. The number of nitrogen functional groups attached to an aromatic ring is 1. The molecule has 9 nitrogen and oxygen atoms in total. The molecule has 0 saturated carbocycles. The monoisotopic (exact) mass is 431 g/mol. The van der Waals surface area contributed by atoms with Gasteiger partial charge in [-0.15, -0.1) is 10.2 Å². The van der Waals surface area contributed by atoms with E-state index in [0.29, 0.717) is 21.6 Å². The molecule has 0 bridgehead atoms. The molecule has 1 heterocycles. The summed E-state index contributed by atoms with van der Waals surface area (Å²) in [6.45, 7) is 0. The van der Waals surface area contributed by atoms with Crippen LogP contribution in [0.5, 0.6) is 5.75 Å². The zero-order valence-corrected chi connectivity index (χ0v) is 16.9. The summed E-state index contributed by atoms with van der Waals surface area (Å²) in [6.07, 6.45) is 1.60. The van der Waals surface area contributed by atoms with Crippen molar-refractivity contribution < 1.29 is 9.53 Å². The van der Waals surface area contributed by atoms with Crippen LogP contribution in [0.25, 0.3) is 0 Å². The Balaban J connectivity index is 1.50. The molecule has 150 valence electrons. The summed E-state index contributed by atoms with van der Waals surface area (Å²) in [6, 6.07) is 14.2. The van der Waals surface area contributed by atoms with Crippen molar-refractivity contribution in [3.05, 3.63) is 59.1 Å². The van der Waals surface area contributed by atoms with E-state index < -0.39 is 0 Å². The molecule has 0 aliphatic rings. The predicted octanol–water partition coefficient (Wildman–Crippen LogP) is 2.83. The Morgan fingerprint density at radius 1 is 1.24 bits per heavy atom. The number of nitrogens with zero attached hydrogens (tertiary/aromatic N) is 4. The average molecular weight is 432 g/mol. The third-order valence-electron chi connectivity index (χ3n) is 3.62. The highest BCUT2D eigenvalue weighted by Gasteiger charge is 2.12. The first-order valence-electron chi connectivity index (χ1n) is 8.37. The number of nitrogens with two attached hydrogens (primary N) is 1. The molecular formula is C18H18ClN7O2S. The molecule has 3 aromatic rings. The van der Waals surface area contributed by atoms with E-state index in [-0.39, 0.29) is 17.6 Å². The molecule has 0 fully saturated rings. The van der Waals surface area contributed by atoms with Gasteiger partial charge in [-0.2, -0.15) is 5.10 Å². The number of rotatable bonds is 8. The van der Waals surface area contributed by atoms with Gasteiger partial charge in [0.05, 0.1) is 19.1 Å². The molecule has 0 aliphatic heterocycles. The van der Waals surface area contributed by atoms with Crippen LogP contribution in [-0.4, -0.2) is 39.9 Å². The molecule has 0 spiro atoms. The lowest BCUT2D eigenvalue weighted by molar-refractivity contribution is -0.113. The van der Waals surface area contributed by atoms with Crippen molar-refractivity contribution in [1.82, 2.24) is 14.9 Å². The number of benzene rings is 2. The number of anilines is 2. The standard InChI is InChI=1S/C18H18ClN7O2S/c1-28-15-8-6-14(7-9-15)22-16(27)11-29-18-25-24-17(26(18)20)23-21-10-12-2-4-13(19)5-3-12/h2-10H,11,20H2,1H3,(H,22,27)(H,23,24)/b21-10+. The first kappa shape index (κ1) is 20.5. The Morgan fingerprint density at radius 3 is 2.66 bits per heavy atom. The van der Waals surface area contributed by atoms with E-state index in [4.69, 9.17) is 22.2 Å². The van der Waals surface area contributed by atoms with Gasteiger partial charge in [-0.1, -0.05) is 35.5 Å². The van der Waals surface area contributed by atoms with Gasteiger partial charge in [0.2, 0.25) is 11.1 Å². The zero-order chi connectivity index (χ0) is 20.6. The van der Waals surface area contributed by atoms with Gasteiger partial charge >= 0.3 is 0 Å². The minimum absolute atomic E-state index is 0.120. The van der Waals surface area contributed by atoms with Crippen molar-refractivity contribution in [2.75, 3.05) is 29.4 Å². The molecule has 4 N–H and O–H groups in total. The maximum absolute atomic E-state index is 12.1. The van der Waals surface area contributed by atoms with Crippen LogP contribution in [0.4, 0.5) is 11.6 Å². The van der Waals surface area contributed by atoms with Crippen molar-refractivity contribution in [2.24, 2.45) is 5.10 Å². The van der Waals surface area contributed by atoms with Crippen LogP contribution in [0.2, 0.25) is 5.02 Å². The number of hydrogen-bond donors (Lipinski definition) is 3. The second-order valence-corrected chi connectivity index (χ2v) is 7.04. The summed E-state index contributed by atoms with van der Waals surface area (Å²) >= 11 is 7.00. The number of ether oxygens (including phenoxy) is 1. The summed E-state index contributed by atoms with van der Waals surface area (Å²) in [5.74, 6) is 6.83. The minimum Gasteiger partial charge on any atom is -0.497 e. The molecule has 0 unspecified atom stereocenters. The maximum Gasteiger partial charge on any atom is 0.264 e. The van der Waals surface area contributed by atoms with Gasteiger partial charge in [0.1, 0.15) is 5.75 Å². The van der Waals surface area contributed by atoms with Gasteiger partial charge < -0.3 is 15.9 Å². The van der Waals surface area contributed by atoms with Gasteiger partial charge in [-0.3, -0.25) is 4.79 Å². The maximum atomic E-state index is 12.1. The molecule has 11 heteroatoms. The lowest BCUT2D eigenvalue weighted by Crippen LogP contribution is -2.16. The van der Waals surface area contributed by atoms with Crippen LogP contribution in [0.15, 0.2) is 58.8 Å². The number of hydrogen-bond acceptors (Lipinski definition) is 8. The number of aromatic nitrogens is 3. The molecule has 1 aromatic heterocycles. The molecule has 3 rings (SSSR count). The fourth-order valence-electron chi connectivity index (χ4n) is 2.17. The van der Waals surface area contributed by atoms with E-state index in [1.807, 2.05) is 12.1 Å². The van der Waals surface area contributed by atoms with Crippen LogP contribution >= 0.6 is 23.4 Å². The highest BCUT2D eigenvalue weighted by molar-refractivity contribution is 7.99. The van der Waals surface area contributed by atoms with E-state index in [9.17, 15) is 4.79 Å². The lowest BCUT2D eigenvalue weighted by atomic mass is 10.2. The van der Waals surface area contributed by atoms with Crippen LogP contribution < -0.4 is 21.3 Å². The summed E-state index contributed by atoms with van der Waals surface area (Å²) in [4.78, 5) is 12.1. The number of thioether (sulfide) groups is 1. The van der Waals surface area contributed by atoms with Crippen molar-refractivity contribution in [2.45, 2.75) is 5.16 Å². The van der Waals surface area contributed by atoms with Crippen molar-refractivity contribution in [3.63, 3.8) is 0 Å². The van der Waals surface area contributed by atoms with Crippen LogP contribution in [0.1, 0.15) is 5.56 Å². The largest absolute Gasteiger partial charge is 0.497 e. The fraction of sp³-hybridized carbons (Fsp3) is 0.111. The fourth-order valence-corrected chi connectivity index (χ4v) is 2.95. The topological polar surface area (TPSA) is 119 Å². The summed E-state index contributed by atoms with van der Waals surface area (Å²) in [5.41, 5.74) is 4.24. The Hall–Kier alpha value is -3.24. The number of methoxy groups -OCH3 is 1. The van der Waals surface area contributed by atoms with E-state index in [0.717, 1.165) is 17.3 Å². The predicted molar refractivity (Wildman–Crippen MR) is 115 cm³/mol. The Kier molecular flexibility index (Phi) is 6.93. The van der Waals surface area contributed by atoms with Gasteiger partial charge in [0.15, 0.2) is 0 Å². The Morgan fingerprint density at radius 2 is 1.97 bits per heavy atom. The van der Waals surface area contributed by atoms with E-state index in [1.165, 1.54) is 4.68 Å². The average Bonchev–Trinajstić information content (AvgIpc) is 3.08. The summed E-state index contributed by atoms with van der Waals surface area (Å²) < 4.78 is 6.31. The lowest BCUT2D eigenvalue weighted by Gasteiger charge is -2.06. The first-order valence-corrected chi connectivity index (χ1v) is 9.73. The van der Waals surface area contributed by atoms with Crippen LogP contribution in [0, 0.1) is 0 Å². The van der Waals surface area contributed by atoms with Crippen LogP contribution in [0.3, 0.4) is 0 Å². The first-order chi connectivity index (χ1) is 14.0. The zero-order valence-electron chi connectivity index (χ0n) is 15.4. The van der Waals surface area contributed by atoms with Crippen molar-refractivity contribution in [1.29, 1.82) is 0 Å². The Labute approximate surface area is 176 Å². The molecule has 2 aromatic carbocycles. The van der Waals surface area contributed by atoms with Gasteiger partial charge in [0.25, 0.3) is 5.95 Å². The highest BCUT2D eigenvalue weighted by Crippen LogP contribution is 2.18. The summed E-state index contributed by atoms with van der Waals surface area (Å²) in [5, 5.41) is 15.7. The van der Waals surface area contributed by atoms with Crippen LogP contribution in [-0.2, 0) is 4.79 Å². The normalized spacial score (nSPS) is 10.8. The SMILES string of the molecule is COc1ccc(NC(=O)CSc2nnc(N/N=C/c3ccc(Cl)cc3)n2N)cc1. The molecule has 29 heavy (non-hydrogen) atoms. The van der Waals surface area contributed by atoms with Gasteiger partial charge in [-0.25, -0.2) is 10.1 Å². The Bertz CT molecular complexity index is 990. The molecule has 1 amide bonds. The molecular weight excluding hydrogens is 414 g/mol. The molecule has 0 aliphatic carbocycles. The molecule has 0 radical (unpaired) electrons. The third kappa shape index (κ3) is 5.87. The van der Waals surface area contributed by atoms with Crippen molar-refractivity contribution in [3.8, 4) is 5.75 Å². The third-order valence-corrected chi connectivity index (χ3v) is 4.81. The molecule has 0 atom stereocenters. The summed E-state index contributed by atoms with van der Waals surface area (Å²) in [7, 11) is 1.58. The van der Waals surface area contributed by atoms with Crippen molar-refractivity contribution >= 4 is 47.1 Å². The van der Waals surface area contributed by atoms with E-state index in [1.54, 1.807) is 49.7 Å². The smallest absolute Gasteiger partial charge is 0.264 e. The van der Waals surface area contributed by atoms with Gasteiger partial charge in [0, 0.05) is 10.7 Å². The highest BCUT2D eigenvalue weighted by atomic mass is 35.5. The second kappa shape index (κ2) is 9.80. The second-order valence-electron chi connectivity index (χ2n) is 5.66. The van der Waals surface area contributed by atoms with Gasteiger partial charge in [-0.05, 0) is 42.0 Å². The number of hydrazone groups is 1. The quantitative estimate of drug-likeness (QED) is 0.217. The number of halogens is 1. The van der Waals surface area contributed by atoms with E-state index >= 15 is 0 Å². The molecule has 0 saturated heterocycles. The number of nitrogens with one attached hydrogen (secondary N) is 2. The minimum atomic E-state index is -0.196.